The Kier molecular flexibility index (Phi) is 21.2. The molecule has 21 heavy (non-hydrogen) atoms. The smallest absolute Gasteiger partial charge is 0.0431 e. The van der Waals surface area contributed by atoms with Crippen LogP contribution in [0.5, 0.6) is 0 Å². The third kappa shape index (κ3) is 20.6. The Hall–Kier alpha value is 0.620. The van der Waals surface area contributed by atoms with Crippen molar-refractivity contribution < 1.29 is 10.2 Å². The summed E-state index contributed by atoms with van der Waals surface area (Å²) in [7, 11) is 0. The maximum Gasteiger partial charge on any atom is 0.0431 e. The summed E-state index contributed by atoms with van der Waals surface area (Å²) in [6.07, 6.45) is 13.7. The van der Waals surface area contributed by atoms with E-state index in [0.717, 1.165) is 12.8 Å². The molecule has 0 heterocycles. The molecule has 0 saturated carbocycles. The monoisotopic (exact) mass is 336 g/mol. The lowest BCUT2D eigenvalue weighted by Gasteiger charge is -2.03. The van der Waals surface area contributed by atoms with E-state index >= 15 is 0 Å². The summed E-state index contributed by atoms with van der Waals surface area (Å²) in [5, 5.41) is 17.4. The Labute approximate surface area is 140 Å². The van der Waals surface area contributed by atoms with E-state index in [4.69, 9.17) is 10.2 Å². The summed E-state index contributed by atoms with van der Waals surface area (Å²) in [6, 6.07) is 0. The molecule has 0 aliphatic carbocycles. The Balaban J connectivity index is 2.90. The molecule has 0 aromatic heterocycles. The van der Waals surface area contributed by atoms with Crippen LogP contribution in [-0.4, -0.2) is 46.4 Å². The number of thioether (sulfide) groups is 2. The van der Waals surface area contributed by atoms with E-state index in [-0.39, 0.29) is 0 Å². The summed E-state index contributed by atoms with van der Waals surface area (Å²) in [5.74, 6) is 5.25. The molecule has 0 unspecified atom stereocenters. The summed E-state index contributed by atoms with van der Waals surface area (Å²) < 4.78 is 0. The zero-order valence-corrected chi connectivity index (χ0v) is 15.4. The van der Waals surface area contributed by atoms with Crippen molar-refractivity contribution in [2.45, 2.75) is 70.6 Å². The van der Waals surface area contributed by atoms with E-state index in [2.05, 4.69) is 23.5 Å². The lowest BCUT2D eigenvalue weighted by molar-refractivity contribution is 0.282. The highest BCUT2D eigenvalue weighted by Crippen LogP contribution is 2.13. The maximum atomic E-state index is 8.68. The van der Waals surface area contributed by atoms with Crippen molar-refractivity contribution in [3.05, 3.63) is 0 Å². The van der Waals surface area contributed by atoms with Gasteiger partial charge in [0.1, 0.15) is 0 Å². The van der Waals surface area contributed by atoms with Gasteiger partial charge in [0.2, 0.25) is 0 Å². The molecule has 0 bridgehead atoms. The van der Waals surface area contributed by atoms with Gasteiger partial charge in [0.05, 0.1) is 0 Å². The number of hydrogen-bond acceptors (Lipinski definition) is 4. The van der Waals surface area contributed by atoms with E-state index < -0.39 is 0 Å². The van der Waals surface area contributed by atoms with E-state index in [1.165, 1.54) is 80.8 Å². The normalized spacial score (nSPS) is 11.1. The molecule has 0 radical (unpaired) electrons. The van der Waals surface area contributed by atoms with Gasteiger partial charge in [0, 0.05) is 13.2 Å². The molecule has 2 nitrogen and oxygen atoms in total. The number of aliphatic hydroxyl groups is 2. The van der Waals surface area contributed by atoms with E-state index in [0.29, 0.717) is 13.2 Å². The quantitative estimate of drug-likeness (QED) is 0.355. The van der Waals surface area contributed by atoms with Gasteiger partial charge < -0.3 is 10.2 Å². The molecule has 4 heteroatoms. The fourth-order valence-corrected chi connectivity index (χ4v) is 4.17. The van der Waals surface area contributed by atoms with Crippen LogP contribution in [0.2, 0.25) is 0 Å². The molecule has 0 spiro atoms. The molecule has 0 aromatic carbocycles. The third-order valence-electron chi connectivity index (χ3n) is 3.47. The van der Waals surface area contributed by atoms with Gasteiger partial charge in [0.25, 0.3) is 0 Å². The molecule has 0 fully saturated rings. The van der Waals surface area contributed by atoms with Gasteiger partial charge in [-0.05, 0) is 61.5 Å². The van der Waals surface area contributed by atoms with Crippen molar-refractivity contribution in [2.75, 3.05) is 36.2 Å². The lowest BCUT2D eigenvalue weighted by Crippen LogP contribution is -1.89. The number of aliphatic hydroxyl groups excluding tert-OH is 2. The van der Waals surface area contributed by atoms with Crippen LogP contribution in [0.1, 0.15) is 70.6 Å². The van der Waals surface area contributed by atoms with Crippen LogP contribution in [0.25, 0.3) is 0 Å². The van der Waals surface area contributed by atoms with Crippen molar-refractivity contribution in [1.82, 2.24) is 0 Å². The van der Waals surface area contributed by atoms with Gasteiger partial charge in [-0.2, -0.15) is 23.5 Å². The highest BCUT2D eigenvalue weighted by atomic mass is 32.2. The Morgan fingerprint density at radius 2 is 0.667 bits per heavy atom. The number of hydrogen-bond donors (Lipinski definition) is 2. The lowest BCUT2D eigenvalue weighted by atomic mass is 10.2. The highest BCUT2D eigenvalue weighted by molar-refractivity contribution is 7.99. The second kappa shape index (κ2) is 20.6. The Bertz CT molecular complexity index is 162. The second-order valence-electron chi connectivity index (χ2n) is 5.56. The van der Waals surface area contributed by atoms with Crippen molar-refractivity contribution in [1.29, 1.82) is 0 Å². The molecule has 0 aliphatic heterocycles. The predicted molar refractivity (Wildman–Crippen MR) is 99.6 cm³/mol. The standard InChI is InChI=1S/C17H36O2S2/c18-12-6-1-3-8-14-20-16-10-5-11-17-21-15-9-4-2-7-13-19/h18-19H,1-17H2. The molecule has 2 N–H and O–H groups in total. The number of rotatable bonds is 18. The zero-order chi connectivity index (χ0) is 15.4. The molecule has 128 valence electrons. The first-order chi connectivity index (χ1) is 10.4. The van der Waals surface area contributed by atoms with Crippen molar-refractivity contribution in [2.24, 2.45) is 0 Å². The molecule has 0 rings (SSSR count). The van der Waals surface area contributed by atoms with Gasteiger partial charge in [-0.1, -0.05) is 32.1 Å². The van der Waals surface area contributed by atoms with Crippen LogP contribution in [0, 0.1) is 0 Å². The molecule has 0 aliphatic rings. The van der Waals surface area contributed by atoms with Crippen LogP contribution >= 0.6 is 23.5 Å². The van der Waals surface area contributed by atoms with Gasteiger partial charge in [0.15, 0.2) is 0 Å². The first kappa shape index (κ1) is 21.6. The largest absolute Gasteiger partial charge is 0.396 e. The first-order valence-electron chi connectivity index (χ1n) is 8.79. The van der Waals surface area contributed by atoms with Gasteiger partial charge in [-0.3, -0.25) is 0 Å². The predicted octanol–water partition coefficient (Wildman–Crippen LogP) is 4.73. The molecule has 0 amide bonds. The third-order valence-corrected chi connectivity index (χ3v) is 5.78. The summed E-state index contributed by atoms with van der Waals surface area (Å²) in [5.41, 5.74) is 0. The zero-order valence-electron chi connectivity index (χ0n) is 13.7. The highest BCUT2D eigenvalue weighted by Gasteiger charge is 1.94. The van der Waals surface area contributed by atoms with Crippen LogP contribution in [-0.2, 0) is 0 Å². The molecular formula is C17H36O2S2. The average molecular weight is 337 g/mol. The molecule has 0 saturated heterocycles. The maximum absolute atomic E-state index is 8.68. The number of unbranched alkanes of at least 4 members (excludes halogenated alkanes) is 8. The summed E-state index contributed by atoms with van der Waals surface area (Å²) in [4.78, 5) is 0. The van der Waals surface area contributed by atoms with E-state index in [1.54, 1.807) is 0 Å². The molecule has 0 aromatic rings. The SMILES string of the molecule is OCCCCCCSCCCCCSCCCCCCO. The van der Waals surface area contributed by atoms with Crippen molar-refractivity contribution >= 4 is 23.5 Å². The molecule has 0 atom stereocenters. The fraction of sp³-hybridized carbons (Fsp3) is 1.00. The second-order valence-corrected chi connectivity index (χ2v) is 8.01. The van der Waals surface area contributed by atoms with Crippen molar-refractivity contribution in [3.8, 4) is 0 Å². The van der Waals surface area contributed by atoms with Gasteiger partial charge in [-0.15, -0.1) is 0 Å². The van der Waals surface area contributed by atoms with E-state index in [1.807, 2.05) is 0 Å². The minimum Gasteiger partial charge on any atom is -0.396 e. The van der Waals surface area contributed by atoms with Gasteiger partial charge >= 0.3 is 0 Å². The topological polar surface area (TPSA) is 40.5 Å². The molecular weight excluding hydrogens is 300 g/mol. The summed E-state index contributed by atoms with van der Waals surface area (Å²) in [6.45, 7) is 0.710. The van der Waals surface area contributed by atoms with Crippen LogP contribution < -0.4 is 0 Å². The average Bonchev–Trinajstić information content (AvgIpc) is 2.50. The Morgan fingerprint density at radius 3 is 1.00 bits per heavy atom. The minimum absolute atomic E-state index is 0.355. The van der Waals surface area contributed by atoms with Crippen LogP contribution in [0.3, 0.4) is 0 Å². The van der Waals surface area contributed by atoms with Gasteiger partial charge in [-0.25, -0.2) is 0 Å². The fourth-order valence-electron chi connectivity index (χ4n) is 2.13. The first-order valence-corrected chi connectivity index (χ1v) is 11.1. The minimum atomic E-state index is 0.355. The van der Waals surface area contributed by atoms with Crippen LogP contribution in [0.15, 0.2) is 0 Å². The van der Waals surface area contributed by atoms with Crippen LogP contribution in [0.4, 0.5) is 0 Å². The summed E-state index contributed by atoms with van der Waals surface area (Å²) >= 11 is 4.20. The van der Waals surface area contributed by atoms with E-state index in [9.17, 15) is 0 Å². The Morgan fingerprint density at radius 1 is 0.381 bits per heavy atom. The van der Waals surface area contributed by atoms with Crippen molar-refractivity contribution in [3.63, 3.8) is 0 Å².